The minimum Gasteiger partial charge on any atom is -0.356 e. The van der Waals surface area contributed by atoms with Crippen LogP contribution >= 0.6 is 0 Å². The number of hydrogen-bond acceptors (Lipinski definition) is 1. The van der Waals surface area contributed by atoms with Gasteiger partial charge >= 0.3 is 0 Å². The summed E-state index contributed by atoms with van der Waals surface area (Å²) in [7, 11) is 0. The monoisotopic (exact) mass is 324 g/mol. The molecule has 0 radical (unpaired) electrons. The number of aromatic nitrogens is 1. The van der Waals surface area contributed by atoms with Gasteiger partial charge in [-0.1, -0.05) is 29.8 Å². The van der Waals surface area contributed by atoms with Gasteiger partial charge in [-0.25, -0.2) is 0 Å². The van der Waals surface area contributed by atoms with Crippen LogP contribution in [0.15, 0.2) is 42.1 Å². The SMILES string of the molecule is CCn1cc(CCC(=O)NCCC2=CCCCC2)c2ccccc21. The molecule has 1 aromatic heterocycles. The van der Waals surface area contributed by atoms with Gasteiger partial charge in [0.05, 0.1) is 0 Å². The molecule has 0 saturated carbocycles. The van der Waals surface area contributed by atoms with Crippen molar-refractivity contribution in [3.63, 3.8) is 0 Å². The van der Waals surface area contributed by atoms with Gasteiger partial charge in [0.2, 0.25) is 5.91 Å². The van der Waals surface area contributed by atoms with Crippen molar-refractivity contribution in [1.29, 1.82) is 0 Å². The topological polar surface area (TPSA) is 34.0 Å². The van der Waals surface area contributed by atoms with Gasteiger partial charge < -0.3 is 9.88 Å². The molecule has 0 fully saturated rings. The molecule has 1 aromatic carbocycles. The number of para-hydroxylation sites is 1. The summed E-state index contributed by atoms with van der Waals surface area (Å²) >= 11 is 0. The maximum absolute atomic E-state index is 12.1. The third-order valence-corrected chi connectivity index (χ3v) is 4.99. The first-order valence-electron chi connectivity index (χ1n) is 9.29. The highest BCUT2D eigenvalue weighted by molar-refractivity contribution is 5.85. The molecule has 0 atom stereocenters. The number of nitrogens with one attached hydrogen (secondary N) is 1. The zero-order valence-corrected chi connectivity index (χ0v) is 14.7. The summed E-state index contributed by atoms with van der Waals surface area (Å²) in [5, 5.41) is 4.36. The van der Waals surface area contributed by atoms with Crippen molar-refractivity contribution in [2.45, 2.75) is 58.4 Å². The predicted molar refractivity (Wildman–Crippen MR) is 100 cm³/mol. The summed E-state index contributed by atoms with van der Waals surface area (Å²) < 4.78 is 2.26. The van der Waals surface area contributed by atoms with E-state index in [9.17, 15) is 4.79 Å². The molecule has 3 heteroatoms. The molecule has 1 aliphatic rings. The lowest BCUT2D eigenvalue weighted by Crippen LogP contribution is -2.25. The lowest BCUT2D eigenvalue weighted by Gasteiger charge is -2.12. The number of fused-ring (bicyclic) bond motifs is 1. The number of hydrogen-bond donors (Lipinski definition) is 1. The van der Waals surface area contributed by atoms with Crippen LogP contribution in [0.1, 0.15) is 51.0 Å². The Hall–Kier alpha value is -2.03. The van der Waals surface area contributed by atoms with Crippen molar-refractivity contribution in [3.05, 3.63) is 47.7 Å². The molecule has 2 aromatic rings. The molecule has 3 rings (SSSR count). The Morgan fingerprint density at radius 2 is 2.08 bits per heavy atom. The van der Waals surface area contributed by atoms with E-state index >= 15 is 0 Å². The second-order valence-corrected chi connectivity index (χ2v) is 6.67. The van der Waals surface area contributed by atoms with E-state index in [2.05, 4.69) is 53.3 Å². The van der Waals surface area contributed by atoms with Gasteiger partial charge in [-0.2, -0.15) is 0 Å². The normalized spacial score (nSPS) is 14.6. The van der Waals surface area contributed by atoms with Crippen molar-refractivity contribution >= 4 is 16.8 Å². The maximum atomic E-state index is 12.1. The second kappa shape index (κ2) is 8.18. The minimum atomic E-state index is 0.166. The first-order chi connectivity index (χ1) is 11.8. The number of nitrogens with zero attached hydrogens (tertiary/aromatic N) is 1. The molecule has 0 unspecified atom stereocenters. The van der Waals surface area contributed by atoms with Gasteiger partial charge in [-0.3, -0.25) is 4.79 Å². The fraction of sp³-hybridized carbons (Fsp3) is 0.476. The van der Waals surface area contributed by atoms with Gasteiger partial charge in [0, 0.05) is 36.6 Å². The second-order valence-electron chi connectivity index (χ2n) is 6.67. The summed E-state index contributed by atoms with van der Waals surface area (Å²) in [6.45, 7) is 3.89. The molecule has 0 aliphatic heterocycles. The zero-order valence-electron chi connectivity index (χ0n) is 14.7. The van der Waals surface area contributed by atoms with Crippen molar-refractivity contribution in [1.82, 2.24) is 9.88 Å². The summed E-state index contributed by atoms with van der Waals surface area (Å²) in [5.74, 6) is 0.166. The van der Waals surface area contributed by atoms with Gasteiger partial charge in [-0.05, 0) is 57.1 Å². The highest BCUT2D eigenvalue weighted by Crippen LogP contribution is 2.22. The molecule has 24 heavy (non-hydrogen) atoms. The fourth-order valence-corrected chi connectivity index (χ4v) is 3.61. The number of allylic oxidation sites excluding steroid dienone is 1. The van der Waals surface area contributed by atoms with Crippen LogP contribution in [-0.4, -0.2) is 17.0 Å². The molecule has 128 valence electrons. The Bertz CT molecular complexity index is 727. The van der Waals surface area contributed by atoms with Crippen LogP contribution in [0, 0.1) is 0 Å². The molecule has 1 N–H and O–H groups in total. The van der Waals surface area contributed by atoms with Crippen molar-refractivity contribution in [2.75, 3.05) is 6.54 Å². The van der Waals surface area contributed by atoms with Crippen LogP contribution in [-0.2, 0) is 17.8 Å². The van der Waals surface area contributed by atoms with E-state index < -0.39 is 0 Å². The zero-order chi connectivity index (χ0) is 16.8. The van der Waals surface area contributed by atoms with Crippen LogP contribution in [0.2, 0.25) is 0 Å². The molecular weight excluding hydrogens is 296 g/mol. The van der Waals surface area contributed by atoms with Gasteiger partial charge in [0.1, 0.15) is 0 Å². The maximum Gasteiger partial charge on any atom is 0.220 e. The molecule has 0 bridgehead atoms. The predicted octanol–water partition coefficient (Wildman–Crippen LogP) is 4.60. The van der Waals surface area contributed by atoms with E-state index in [4.69, 9.17) is 0 Å². The summed E-state index contributed by atoms with van der Waals surface area (Å²) in [4.78, 5) is 12.1. The summed E-state index contributed by atoms with van der Waals surface area (Å²) in [6.07, 6.45) is 12.0. The van der Waals surface area contributed by atoms with E-state index in [1.165, 1.54) is 47.7 Å². The van der Waals surface area contributed by atoms with Crippen LogP contribution in [0.3, 0.4) is 0 Å². The molecule has 1 aliphatic carbocycles. The standard InChI is InChI=1S/C21H28N2O/c1-2-23-16-18(19-10-6-7-11-20(19)23)12-13-21(24)22-15-14-17-8-4-3-5-9-17/h6-8,10-11,16H,2-5,9,12-15H2,1H3,(H,22,24). The van der Waals surface area contributed by atoms with Crippen molar-refractivity contribution in [3.8, 4) is 0 Å². The molecule has 1 amide bonds. The number of carbonyl (C=O) groups excluding carboxylic acids is 1. The highest BCUT2D eigenvalue weighted by atomic mass is 16.1. The first kappa shape index (κ1) is 16.8. The largest absolute Gasteiger partial charge is 0.356 e. The van der Waals surface area contributed by atoms with E-state index in [0.29, 0.717) is 6.42 Å². The van der Waals surface area contributed by atoms with E-state index in [1.54, 1.807) is 0 Å². The van der Waals surface area contributed by atoms with Crippen LogP contribution in [0.5, 0.6) is 0 Å². The molecule has 3 nitrogen and oxygen atoms in total. The lowest BCUT2D eigenvalue weighted by atomic mass is 9.97. The summed E-state index contributed by atoms with van der Waals surface area (Å²) in [6, 6.07) is 8.46. The summed E-state index contributed by atoms with van der Waals surface area (Å²) in [5.41, 5.74) is 4.06. The number of benzene rings is 1. The number of amides is 1. The third kappa shape index (κ3) is 4.08. The molecular formula is C21H28N2O. The Labute approximate surface area is 144 Å². The van der Waals surface area contributed by atoms with E-state index in [1.807, 2.05) is 0 Å². The van der Waals surface area contributed by atoms with Crippen molar-refractivity contribution < 1.29 is 4.79 Å². The third-order valence-electron chi connectivity index (χ3n) is 4.99. The average Bonchev–Trinajstić information content (AvgIpc) is 2.99. The van der Waals surface area contributed by atoms with Crippen molar-refractivity contribution in [2.24, 2.45) is 0 Å². The minimum absolute atomic E-state index is 0.166. The Morgan fingerprint density at radius 1 is 1.21 bits per heavy atom. The van der Waals surface area contributed by atoms with E-state index in [0.717, 1.165) is 25.9 Å². The molecule has 0 spiro atoms. The van der Waals surface area contributed by atoms with Gasteiger partial charge in [0.25, 0.3) is 0 Å². The molecule has 1 heterocycles. The van der Waals surface area contributed by atoms with Gasteiger partial charge in [0.15, 0.2) is 0 Å². The first-order valence-corrected chi connectivity index (χ1v) is 9.29. The Balaban J connectivity index is 1.50. The Kier molecular flexibility index (Phi) is 5.73. The van der Waals surface area contributed by atoms with Gasteiger partial charge in [-0.15, -0.1) is 0 Å². The van der Waals surface area contributed by atoms with Crippen LogP contribution in [0.4, 0.5) is 0 Å². The average molecular weight is 324 g/mol. The Morgan fingerprint density at radius 3 is 2.88 bits per heavy atom. The smallest absolute Gasteiger partial charge is 0.220 e. The number of carbonyl (C=O) groups is 1. The number of aryl methyl sites for hydroxylation is 2. The van der Waals surface area contributed by atoms with Crippen LogP contribution in [0.25, 0.3) is 10.9 Å². The van der Waals surface area contributed by atoms with Crippen LogP contribution < -0.4 is 5.32 Å². The lowest BCUT2D eigenvalue weighted by molar-refractivity contribution is -0.121. The quantitative estimate of drug-likeness (QED) is 0.742. The van der Waals surface area contributed by atoms with E-state index in [-0.39, 0.29) is 5.91 Å². The highest BCUT2D eigenvalue weighted by Gasteiger charge is 2.10. The molecule has 0 saturated heterocycles. The number of rotatable bonds is 7. The fourth-order valence-electron chi connectivity index (χ4n) is 3.61.